The van der Waals surface area contributed by atoms with Crippen LogP contribution >= 0.6 is 0 Å². The van der Waals surface area contributed by atoms with E-state index in [-0.39, 0.29) is 41.0 Å². The lowest BCUT2D eigenvalue weighted by Crippen LogP contribution is -2.21. The lowest BCUT2D eigenvalue weighted by atomic mass is 9.90. The number of carbonyl (C=O) groups is 1. The van der Waals surface area contributed by atoms with Crippen molar-refractivity contribution < 1.29 is 41.3 Å². The Bertz CT molecular complexity index is 1400. The molecule has 4 rings (SSSR count). The minimum Gasteiger partial charge on any atom is -0.491 e. The second-order valence-corrected chi connectivity index (χ2v) is 8.90. The summed E-state index contributed by atoms with van der Waals surface area (Å²) in [6.45, 7) is 3.08. The predicted molar refractivity (Wildman–Crippen MR) is 131 cm³/mol. The number of hydrogen-bond acceptors (Lipinski definition) is 4. The number of aliphatic hydroxyl groups is 1. The molecule has 2 atom stereocenters. The summed E-state index contributed by atoms with van der Waals surface area (Å²) in [5, 5.41) is 9.49. The minimum absolute atomic E-state index is 0.105. The number of halogens is 5. The predicted octanol–water partition coefficient (Wildman–Crippen LogP) is 7.29. The monoisotopic (exact) mass is 532 g/mol. The van der Waals surface area contributed by atoms with E-state index >= 15 is 0 Å². The fourth-order valence-corrected chi connectivity index (χ4v) is 4.39. The van der Waals surface area contributed by atoms with Crippen molar-refractivity contribution in [3.63, 3.8) is 0 Å². The van der Waals surface area contributed by atoms with Crippen LogP contribution in [-0.4, -0.2) is 23.8 Å². The number of carbonyl (C=O) groups excluding carboxylic acids is 1. The van der Waals surface area contributed by atoms with Crippen LogP contribution in [0.15, 0.2) is 48.5 Å². The molecule has 9 heteroatoms. The van der Waals surface area contributed by atoms with Gasteiger partial charge in [-0.05, 0) is 62.1 Å². The molecule has 0 saturated carbocycles. The Morgan fingerprint density at radius 2 is 1.71 bits per heavy atom. The first-order chi connectivity index (χ1) is 18.1. The number of allylic oxidation sites excluding steroid dienone is 1. The molecule has 0 spiro atoms. The third-order valence-corrected chi connectivity index (χ3v) is 6.39. The fourth-order valence-electron chi connectivity index (χ4n) is 4.39. The Balaban J connectivity index is 1.46. The van der Waals surface area contributed by atoms with Gasteiger partial charge in [0.05, 0.1) is 18.3 Å². The standard InChI is InChI=1S/C29H25F5O4/c1-3-37-24-13-12-21(26(32)28(24)34)17-6-9-20(23(30)14-17)16-4-7-18(8-5-16)38-29(36)22-11-10-19(15(2)35)25(31)27(22)33/h4,6,9-15,18,35H,3,5,7-8H2,1-2H3. The normalized spacial score (nSPS) is 16.1. The Morgan fingerprint density at radius 1 is 0.974 bits per heavy atom. The van der Waals surface area contributed by atoms with E-state index in [0.717, 1.165) is 18.2 Å². The number of hydrogen-bond donors (Lipinski definition) is 1. The molecule has 0 aromatic heterocycles. The Hall–Kier alpha value is -3.72. The summed E-state index contributed by atoms with van der Waals surface area (Å²) in [4.78, 5) is 12.4. The van der Waals surface area contributed by atoms with Gasteiger partial charge in [0.25, 0.3) is 0 Å². The van der Waals surface area contributed by atoms with Crippen molar-refractivity contribution in [1.82, 2.24) is 0 Å². The van der Waals surface area contributed by atoms with Crippen molar-refractivity contribution in [2.75, 3.05) is 6.61 Å². The van der Waals surface area contributed by atoms with Gasteiger partial charge in [-0.25, -0.2) is 22.4 Å². The van der Waals surface area contributed by atoms with Crippen LogP contribution in [0.2, 0.25) is 0 Å². The molecule has 1 aliphatic carbocycles. The number of rotatable bonds is 7. The van der Waals surface area contributed by atoms with Gasteiger partial charge in [0, 0.05) is 23.1 Å². The molecule has 4 nitrogen and oxygen atoms in total. The maximum absolute atomic E-state index is 15.0. The number of benzene rings is 3. The molecular weight excluding hydrogens is 507 g/mol. The molecule has 0 aliphatic heterocycles. The van der Waals surface area contributed by atoms with Gasteiger partial charge < -0.3 is 14.6 Å². The van der Waals surface area contributed by atoms with Gasteiger partial charge in [0.2, 0.25) is 5.82 Å². The van der Waals surface area contributed by atoms with E-state index in [2.05, 4.69) is 0 Å². The summed E-state index contributed by atoms with van der Waals surface area (Å²) in [6.07, 6.45) is 0.673. The van der Waals surface area contributed by atoms with Gasteiger partial charge in [0.1, 0.15) is 11.9 Å². The van der Waals surface area contributed by atoms with Crippen LogP contribution in [0.25, 0.3) is 16.7 Å². The lowest BCUT2D eigenvalue weighted by Gasteiger charge is -2.23. The van der Waals surface area contributed by atoms with Crippen molar-refractivity contribution >= 4 is 11.5 Å². The van der Waals surface area contributed by atoms with Gasteiger partial charge in [-0.3, -0.25) is 0 Å². The number of esters is 1. The summed E-state index contributed by atoms with van der Waals surface area (Å²) in [5.41, 5.74) is 0.107. The minimum atomic E-state index is -1.40. The van der Waals surface area contributed by atoms with Crippen LogP contribution in [0.4, 0.5) is 22.0 Å². The smallest absolute Gasteiger partial charge is 0.341 e. The van der Waals surface area contributed by atoms with E-state index in [4.69, 9.17) is 9.47 Å². The highest BCUT2D eigenvalue weighted by Crippen LogP contribution is 2.35. The zero-order chi connectivity index (χ0) is 27.6. The molecule has 0 fully saturated rings. The lowest BCUT2D eigenvalue weighted by molar-refractivity contribution is 0.0278. The van der Waals surface area contributed by atoms with E-state index in [1.54, 1.807) is 13.0 Å². The summed E-state index contributed by atoms with van der Waals surface area (Å²) in [5.74, 6) is -6.89. The van der Waals surface area contributed by atoms with Gasteiger partial charge >= 0.3 is 5.97 Å². The highest BCUT2D eigenvalue weighted by molar-refractivity contribution is 5.90. The SMILES string of the molecule is CCOc1ccc(-c2ccc(C3=CCC(OC(=O)c4ccc(C(C)O)c(F)c4F)CC3)c(F)c2)c(F)c1F. The van der Waals surface area contributed by atoms with Crippen LogP contribution in [0.5, 0.6) is 5.75 Å². The molecule has 0 radical (unpaired) electrons. The molecule has 2 unspecified atom stereocenters. The third kappa shape index (κ3) is 5.43. The van der Waals surface area contributed by atoms with E-state index in [1.165, 1.54) is 31.2 Å². The number of aliphatic hydroxyl groups excluding tert-OH is 1. The molecule has 200 valence electrons. The maximum Gasteiger partial charge on any atom is 0.341 e. The zero-order valence-electron chi connectivity index (χ0n) is 20.7. The van der Waals surface area contributed by atoms with Gasteiger partial charge in [0.15, 0.2) is 23.2 Å². The molecule has 0 bridgehead atoms. The van der Waals surface area contributed by atoms with Crippen molar-refractivity contribution in [2.45, 2.75) is 45.3 Å². The highest BCUT2D eigenvalue weighted by Gasteiger charge is 2.26. The van der Waals surface area contributed by atoms with Crippen molar-refractivity contribution in [2.24, 2.45) is 0 Å². The maximum atomic E-state index is 15.0. The molecular formula is C29H25F5O4. The van der Waals surface area contributed by atoms with Crippen molar-refractivity contribution in [3.05, 3.63) is 94.3 Å². The molecule has 3 aromatic rings. The van der Waals surface area contributed by atoms with Crippen molar-refractivity contribution in [3.8, 4) is 16.9 Å². The van der Waals surface area contributed by atoms with Crippen LogP contribution in [0.1, 0.15) is 60.7 Å². The first-order valence-electron chi connectivity index (χ1n) is 12.1. The molecule has 3 aromatic carbocycles. The molecule has 0 heterocycles. The Kier molecular flexibility index (Phi) is 8.16. The third-order valence-electron chi connectivity index (χ3n) is 6.39. The quantitative estimate of drug-likeness (QED) is 0.256. The first-order valence-corrected chi connectivity index (χ1v) is 12.1. The number of ether oxygens (including phenoxy) is 2. The first kappa shape index (κ1) is 27.3. The molecule has 0 amide bonds. The molecule has 1 N–H and O–H groups in total. The van der Waals surface area contributed by atoms with Crippen LogP contribution in [0.3, 0.4) is 0 Å². The average Bonchev–Trinajstić information content (AvgIpc) is 2.89. The second-order valence-electron chi connectivity index (χ2n) is 8.90. The van der Waals surface area contributed by atoms with E-state index in [9.17, 15) is 31.9 Å². The fraction of sp³-hybridized carbons (Fsp3) is 0.276. The average molecular weight is 533 g/mol. The summed E-state index contributed by atoms with van der Waals surface area (Å²) in [6, 6.07) is 8.87. The van der Waals surface area contributed by atoms with Crippen LogP contribution < -0.4 is 4.74 Å². The largest absolute Gasteiger partial charge is 0.491 e. The Morgan fingerprint density at radius 3 is 2.34 bits per heavy atom. The summed E-state index contributed by atoms with van der Waals surface area (Å²) < 4.78 is 82.6. The van der Waals surface area contributed by atoms with E-state index < -0.39 is 52.8 Å². The molecule has 38 heavy (non-hydrogen) atoms. The second kappa shape index (κ2) is 11.3. The van der Waals surface area contributed by atoms with Crippen molar-refractivity contribution in [1.29, 1.82) is 0 Å². The Labute approximate surface area is 216 Å². The molecule has 0 saturated heterocycles. The van der Waals surface area contributed by atoms with Crippen LogP contribution in [0, 0.1) is 29.1 Å². The zero-order valence-corrected chi connectivity index (χ0v) is 20.7. The highest BCUT2D eigenvalue weighted by atomic mass is 19.2. The van der Waals surface area contributed by atoms with E-state index in [0.29, 0.717) is 18.4 Å². The van der Waals surface area contributed by atoms with Gasteiger partial charge in [-0.1, -0.05) is 24.3 Å². The van der Waals surface area contributed by atoms with E-state index in [1.807, 2.05) is 0 Å². The summed E-state index contributed by atoms with van der Waals surface area (Å²) >= 11 is 0. The van der Waals surface area contributed by atoms with Gasteiger partial charge in [-0.15, -0.1) is 0 Å². The topological polar surface area (TPSA) is 55.8 Å². The van der Waals surface area contributed by atoms with Crippen LogP contribution in [-0.2, 0) is 4.74 Å². The molecule has 1 aliphatic rings. The van der Waals surface area contributed by atoms with Gasteiger partial charge in [-0.2, -0.15) is 4.39 Å². The summed E-state index contributed by atoms with van der Waals surface area (Å²) in [7, 11) is 0.